The van der Waals surface area contributed by atoms with E-state index in [1.54, 1.807) is 0 Å². The maximum atomic E-state index is 9.29. The van der Waals surface area contributed by atoms with E-state index in [4.69, 9.17) is 5.11 Å². The van der Waals surface area contributed by atoms with Gasteiger partial charge < -0.3 is 24.0 Å². The topological polar surface area (TPSA) is 110 Å². The molecule has 86 valence electrons. The van der Waals surface area contributed by atoms with Gasteiger partial charge in [0.15, 0.2) is 0 Å². The molecule has 16 heavy (non-hydrogen) atoms. The molecule has 1 N–H and O–H groups in total. The maximum Gasteiger partial charge on any atom is 2.00 e. The summed E-state index contributed by atoms with van der Waals surface area (Å²) in [5.41, 5.74) is 0.965. The van der Waals surface area contributed by atoms with Crippen LogP contribution in [0.4, 0.5) is 0 Å². The van der Waals surface area contributed by atoms with E-state index in [1.807, 2.05) is 30.3 Å². The van der Waals surface area contributed by atoms with Crippen molar-refractivity contribution in [3.63, 3.8) is 0 Å². The zero-order valence-corrected chi connectivity index (χ0v) is 10.3. The normalized spacial score (nSPS) is 12.7. The van der Waals surface area contributed by atoms with E-state index in [0.29, 0.717) is 0 Å². The van der Waals surface area contributed by atoms with E-state index >= 15 is 0 Å². The SMILES string of the molecule is O=[PH]([O-])O[PH](=O)[O-].OCc1ccccc1.[Be+2]. The molecule has 0 heterocycles. The van der Waals surface area contributed by atoms with Crippen LogP contribution in [0.2, 0.25) is 0 Å². The third-order valence-corrected chi connectivity index (χ3v) is 2.53. The van der Waals surface area contributed by atoms with Gasteiger partial charge in [-0.2, -0.15) is 0 Å². The second kappa shape index (κ2) is 11.2. The fourth-order valence-corrected chi connectivity index (χ4v) is 1.20. The monoisotopic (exact) mass is 261 g/mol. The van der Waals surface area contributed by atoms with Gasteiger partial charge in [-0.3, -0.25) is 4.31 Å². The third kappa shape index (κ3) is 11.8. The van der Waals surface area contributed by atoms with Crippen LogP contribution in [0.15, 0.2) is 30.3 Å². The zero-order chi connectivity index (χ0) is 11.7. The van der Waals surface area contributed by atoms with E-state index in [-0.39, 0.29) is 16.7 Å². The number of aliphatic hydroxyl groups excluding tert-OH is 1. The quantitative estimate of drug-likeness (QED) is 0.569. The van der Waals surface area contributed by atoms with Crippen LogP contribution >= 0.6 is 16.5 Å². The number of rotatable bonds is 3. The van der Waals surface area contributed by atoms with Crippen LogP contribution in [0.25, 0.3) is 0 Å². The first-order valence-corrected chi connectivity index (χ1v) is 6.25. The molecular weight excluding hydrogens is 251 g/mol. The van der Waals surface area contributed by atoms with Crippen LogP contribution in [0, 0.1) is 0 Å². The summed E-state index contributed by atoms with van der Waals surface area (Å²) in [5, 5.41) is 8.54. The molecule has 0 aliphatic carbocycles. The molecule has 1 rings (SSSR count). The molecule has 0 saturated heterocycles. The van der Waals surface area contributed by atoms with Gasteiger partial charge in [-0.15, -0.1) is 0 Å². The van der Waals surface area contributed by atoms with Crippen LogP contribution in [-0.4, -0.2) is 15.2 Å². The molecular formula is C7H10BeO6P2. The summed E-state index contributed by atoms with van der Waals surface area (Å²) < 4.78 is 21.8. The first-order valence-electron chi connectivity index (χ1n) is 3.81. The molecule has 1 aromatic carbocycles. The van der Waals surface area contributed by atoms with Gasteiger partial charge in [-0.1, -0.05) is 30.3 Å². The number of benzene rings is 1. The van der Waals surface area contributed by atoms with Crippen molar-refractivity contribution in [1.82, 2.24) is 0 Å². The molecule has 0 aliphatic rings. The predicted molar refractivity (Wildman–Crippen MR) is 57.2 cm³/mol. The number of hydrogen-bond donors (Lipinski definition) is 1. The van der Waals surface area contributed by atoms with E-state index in [2.05, 4.69) is 4.31 Å². The van der Waals surface area contributed by atoms with Crippen molar-refractivity contribution in [3.05, 3.63) is 35.9 Å². The molecule has 0 spiro atoms. The van der Waals surface area contributed by atoms with Gasteiger partial charge in [-0.05, 0) is 5.56 Å². The first kappa shape index (κ1) is 18.1. The Balaban J connectivity index is 0. The Morgan fingerprint density at radius 1 is 1.12 bits per heavy atom. The van der Waals surface area contributed by atoms with Crippen molar-refractivity contribution in [2.75, 3.05) is 0 Å². The largest absolute Gasteiger partial charge is 2.00 e. The van der Waals surface area contributed by atoms with E-state index < -0.39 is 16.5 Å². The molecule has 0 amide bonds. The van der Waals surface area contributed by atoms with E-state index in [1.165, 1.54) is 0 Å². The molecule has 0 aromatic heterocycles. The van der Waals surface area contributed by atoms with Gasteiger partial charge in [0, 0.05) is 0 Å². The van der Waals surface area contributed by atoms with Gasteiger partial charge in [0.2, 0.25) is 0 Å². The van der Waals surface area contributed by atoms with Crippen molar-refractivity contribution >= 4 is 26.6 Å². The van der Waals surface area contributed by atoms with E-state index in [0.717, 1.165) is 5.56 Å². The minimum absolute atomic E-state index is 0. The van der Waals surface area contributed by atoms with Crippen molar-refractivity contribution < 1.29 is 28.3 Å². The third-order valence-electron chi connectivity index (χ3n) is 1.19. The molecule has 2 atom stereocenters. The standard InChI is InChI=1S/C7H8O.Be.H4O5P2/c8-6-7-4-2-1-3-5-7;;1-6(2)5-7(3)4/h1-5,8H,6H2;;6-7H,(H,1,2)(H,3,4)/q;+2;/p-2. The Bertz CT molecular complexity index is 308. The smallest absolute Gasteiger partial charge is 0.781 e. The Labute approximate surface area is 98.0 Å². The zero-order valence-electron chi connectivity index (χ0n) is 8.29. The Morgan fingerprint density at radius 3 is 1.75 bits per heavy atom. The number of hydrogen-bond acceptors (Lipinski definition) is 6. The molecule has 1 aromatic rings. The molecule has 0 saturated carbocycles. The summed E-state index contributed by atoms with van der Waals surface area (Å²) in [4.78, 5) is 18.6. The molecule has 0 aliphatic heterocycles. The van der Waals surface area contributed by atoms with Gasteiger partial charge in [0.25, 0.3) is 0 Å². The maximum absolute atomic E-state index is 9.29. The van der Waals surface area contributed by atoms with Crippen molar-refractivity contribution in [2.45, 2.75) is 6.61 Å². The predicted octanol–water partition coefficient (Wildman–Crippen LogP) is -0.699. The van der Waals surface area contributed by atoms with Crippen molar-refractivity contribution in [3.8, 4) is 0 Å². The van der Waals surface area contributed by atoms with Gasteiger partial charge >= 0.3 is 10.1 Å². The minimum Gasteiger partial charge on any atom is -0.781 e. The van der Waals surface area contributed by atoms with Crippen LogP contribution in [0.5, 0.6) is 0 Å². The summed E-state index contributed by atoms with van der Waals surface area (Å²) in [7, 11) is -7.03. The fraction of sp³-hybridized carbons (Fsp3) is 0.143. The second-order valence-electron chi connectivity index (χ2n) is 2.25. The van der Waals surface area contributed by atoms with Gasteiger partial charge in [0.05, 0.1) is 6.61 Å². The second-order valence-corrected chi connectivity index (χ2v) is 4.06. The van der Waals surface area contributed by atoms with Gasteiger partial charge in [-0.25, -0.2) is 0 Å². The summed E-state index contributed by atoms with van der Waals surface area (Å²) in [5.74, 6) is 0. The van der Waals surface area contributed by atoms with Crippen molar-refractivity contribution in [2.24, 2.45) is 0 Å². The summed E-state index contributed by atoms with van der Waals surface area (Å²) in [6.45, 7) is 0.140. The summed E-state index contributed by atoms with van der Waals surface area (Å²) in [6, 6.07) is 9.52. The molecule has 6 nitrogen and oxygen atoms in total. The first-order chi connectivity index (χ1) is 7.06. The average Bonchev–Trinajstić information content (AvgIpc) is 2.18. The molecule has 0 fully saturated rings. The summed E-state index contributed by atoms with van der Waals surface area (Å²) in [6.07, 6.45) is 0. The van der Waals surface area contributed by atoms with Crippen LogP contribution in [-0.2, 0) is 20.0 Å². The molecule has 0 radical (unpaired) electrons. The van der Waals surface area contributed by atoms with E-state index in [9.17, 15) is 18.9 Å². The van der Waals surface area contributed by atoms with Crippen molar-refractivity contribution in [1.29, 1.82) is 0 Å². The average molecular weight is 261 g/mol. The summed E-state index contributed by atoms with van der Waals surface area (Å²) >= 11 is 0. The van der Waals surface area contributed by atoms with Crippen LogP contribution < -0.4 is 9.79 Å². The molecule has 0 bridgehead atoms. The molecule has 9 heteroatoms. The Hall–Kier alpha value is -0.311. The van der Waals surface area contributed by atoms with Crippen LogP contribution in [0.1, 0.15) is 5.56 Å². The van der Waals surface area contributed by atoms with Crippen LogP contribution in [0.3, 0.4) is 0 Å². The molecule has 2 unspecified atom stereocenters. The van der Waals surface area contributed by atoms with Gasteiger partial charge in [0.1, 0.15) is 16.5 Å². The fourth-order valence-electron chi connectivity index (χ4n) is 0.651. The number of aliphatic hydroxyl groups is 1. The Kier molecular flexibility index (Phi) is 12.6. The Morgan fingerprint density at radius 2 is 1.56 bits per heavy atom. The minimum atomic E-state index is -3.51.